The van der Waals surface area contributed by atoms with Crippen molar-refractivity contribution < 1.29 is 14.4 Å². The number of hydrogen-bond acceptors (Lipinski definition) is 8. The number of ether oxygens (including phenoxy) is 2. The second kappa shape index (κ2) is 7.72. The number of methoxy groups -OCH3 is 2. The largest absolute Gasteiger partial charge is 0.497 e. The van der Waals surface area contributed by atoms with Gasteiger partial charge in [-0.15, -0.1) is 11.3 Å². The van der Waals surface area contributed by atoms with E-state index in [1.54, 1.807) is 19.2 Å². The van der Waals surface area contributed by atoms with E-state index in [1.165, 1.54) is 30.8 Å². The Hall–Kier alpha value is -3.72. The van der Waals surface area contributed by atoms with Crippen LogP contribution in [0, 0.1) is 10.1 Å². The van der Waals surface area contributed by atoms with Crippen LogP contribution in [0.1, 0.15) is 0 Å². The third kappa shape index (κ3) is 3.55. The first-order valence-electron chi connectivity index (χ1n) is 8.57. The third-order valence-electron chi connectivity index (χ3n) is 4.41. The Balaban J connectivity index is 1.78. The first kappa shape index (κ1) is 18.6. The number of nitro groups is 1. The zero-order valence-corrected chi connectivity index (χ0v) is 16.4. The summed E-state index contributed by atoms with van der Waals surface area (Å²) in [5, 5.41) is 17.4. The van der Waals surface area contributed by atoms with Crippen LogP contribution < -0.4 is 14.8 Å². The highest BCUT2D eigenvalue weighted by molar-refractivity contribution is 7.17. The van der Waals surface area contributed by atoms with Gasteiger partial charge in [-0.25, -0.2) is 9.97 Å². The minimum absolute atomic E-state index is 0.122. The highest BCUT2D eigenvalue weighted by Gasteiger charge is 2.17. The summed E-state index contributed by atoms with van der Waals surface area (Å²) in [6.07, 6.45) is 1.47. The maximum absolute atomic E-state index is 11.3. The predicted molar refractivity (Wildman–Crippen MR) is 112 cm³/mol. The van der Waals surface area contributed by atoms with Gasteiger partial charge in [0.25, 0.3) is 0 Å². The summed E-state index contributed by atoms with van der Waals surface area (Å²) in [4.78, 5) is 20.4. The van der Waals surface area contributed by atoms with Gasteiger partial charge < -0.3 is 14.8 Å². The molecule has 0 unspecified atom stereocenters. The number of rotatable bonds is 6. The molecule has 0 aliphatic rings. The van der Waals surface area contributed by atoms with E-state index in [-0.39, 0.29) is 11.4 Å². The van der Waals surface area contributed by atoms with Crippen LogP contribution in [0.4, 0.5) is 17.2 Å². The van der Waals surface area contributed by atoms with E-state index in [0.717, 1.165) is 27.1 Å². The van der Waals surface area contributed by atoms with E-state index in [0.29, 0.717) is 11.5 Å². The lowest BCUT2D eigenvalue weighted by molar-refractivity contribution is -0.385. The predicted octanol–water partition coefficient (Wildman–Crippen LogP) is 5.03. The van der Waals surface area contributed by atoms with Gasteiger partial charge in [0.1, 0.15) is 22.7 Å². The number of nitrogens with zero attached hydrogens (tertiary/aromatic N) is 3. The summed E-state index contributed by atoms with van der Waals surface area (Å²) in [7, 11) is 3.02. The van der Waals surface area contributed by atoms with Gasteiger partial charge in [0.15, 0.2) is 5.75 Å². The van der Waals surface area contributed by atoms with Crippen LogP contribution in [-0.4, -0.2) is 29.1 Å². The maximum Gasteiger partial charge on any atom is 0.312 e. The lowest BCUT2D eigenvalue weighted by Crippen LogP contribution is -1.98. The Morgan fingerprint density at radius 2 is 1.86 bits per heavy atom. The molecule has 0 fully saturated rings. The minimum Gasteiger partial charge on any atom is -0.497 e. The van der Waals surface area contributed by atoms with Crippen molar-refractivity contribution in [3.8, 4) is 22.6 Å². The van der Waals surface area contributed by atoms with Gasteiger partial charge in [0.05, 0.1) is 24.5 Å². The number of fused-ring (bicyclic) bond motifs is 1. The number of hydrogen-bond donors (Lipinski definition) is 1. The maximum atomic E-state index is 11.3. The Morgan fingerprint density at radius 1 is 1.07 bits per heavy atom. The molecule has 0 radical (unpaired) electrons. The van der Waals surface area contributed by atoms with Crippen molar-refractivity contribution in [2.24, 2.45) is 0 Å². The van der Waals surface area contributed by atoms with Gasteiger partial charge in [-0.05, 0) is 29.8 Å². The molecule has 4 rings (SSSR count). The molecule has 0 spiro atoms. The summed E-state index contributed by atoms with van der Waals surface area (Å²) in [6, 6.07) is 12.4. The molecule has 4 aromatic rings. The standard InChI is InChI=1S/C20H16N4O4S/c1-27-14-6-3-12(4-7-14)15-10-29-20-18(15)19(21-11-22-20)23-13-5-8-17(28-2)16(9-13)24(25)26/h3-11H,1-2H3,(H,21,22,23). The van der Waals surface area contributed by atoms with Crippen molar-refractivity contribution in [3.05, 3.63) is 64.3 Å². The van der Waals surface area contributed by atoms with E-state index < -0.39 is 4.92 Å². The molecule has 0 amide bonds. The Morgan fingerprint density at radius 3 is 2.55 bits per heavy atom. The molecule has 29 heavy (non-hydrogen) atoms. The topological polar surface area (TPSA) is 99.4 Å². The molecular formula is C20H16N4O4S. The molecule has 9 heteroatoms. The van der Waals surface area contributed by atoms with Crippen LogP contribution in [0.25, 0.3) is 21.3 Å². The van der Waals surface area contributed by atoms with Crippen molar-refractivity contribution in [2.75, 3.05) is 19.5 Å². The number of nitrogens with one attached hydrogen (secondary N) is 1. The van der Waals surface area contributed by atoms with E-state index in [4.69, 9.17) is 9.47 Å². The average molecular weight is 408 g/mol. The van der Waals surface area contributed by atoms with Crippen molar-refractivity contribution >= 4 is 38.7 Å². The Labute approximate surface area is 169 Å². The monoisotopic (exact) mass is 408 g/mol. The summed E-state index contributed by atoms with van der Waals surface area (Å²) in [5.41, 5.74) is 2.38. The van der Waals surface area contributed by atoms with Gasteiger partial charge in [-0.3, -0.25) is 10.1 Å². The van der Waals surface area contributed by atoms with Crippen LogP contribution in [-0.2, 0) is 0 Å². The fourth-order valence-corrected chi connectivity index (χ4v) is 3.92. The lowest BCUT2D eigenvalue weighted by atomic mass is 10.1. The zero-order chi connectivity index (χ0) is 20.4. The van der Waals surface area contributed by atoms with Gasteiger partial charge >= 0.3 is 5.69 Å². The number of aromatic nitrogens is 2. The SMILES string of the molecule is COc1ccc(-c2csc3ncnc(Nc4ccc(OC)c([N+](=O)[O-])c4)c23)cc1. The number of thiophene rings is 1. The van der Waals surface area contributed by atoms with Crippen molar-refractivity contribution in [2.45, 2.75) is 0 Å². The fraction of sp³-hybridized carbons (Fsp3) is 0.100. The molecule has 2 aromatic carbocycles. The van der Waals surface area contributed by atoms with Gasteiger partial charge in [-0.1, -0.05) is 12.1 Å². The van der Waals surface area contributed by atoms with E-state index in [2.05, 4.69) is 15.3 Å². The molecule has 0 aliphatic heterocycles. The second-order valence-electron chi connectivity index (χ2n) is 6.05. The van der Waals surface area contributed by atoms with Gasteiger partial charge in [0, 0.05) is 22.7 Å². The molecular weight excluding hydrogens is 392 g/mol. The number of benzene rings is 2. The highest BCUT2D eigenvalue weighted by Crippen LogP contribution is 2.38. The first-order valence-corrected chi connectivity index (χ1v) is 9.44. The summed E-state index contributed by atoms with van der Waals surface area (Å²) >= 11 is 1.51. The smallest absolute Gasteiger partial charge is 0.312 e. The van der Waals surface area contributed by atoms with Gasteiger partial charge in [-0.2, -0.15) is 0 Å². The van der Waals surface area contributed by atoms with Crippen LogP contribution in [0.3, 0.4) is 0 Å². The molecule has 0 aliphatic carbocycles. The zero-order valence-electron chi connectivity index (χ0n) is 15.6. The summed E-state index contributed by atoms with van der Waals surface area (Å²) in [5.74, 6) is 1.54. The van der Waals surface area contributed by atoms with Crippen LogP contribution in [0.2, 0.25) is 0 Å². The molecule has 0 saturated carbocycles. The third-order valence-corrected chi connectivity index (χ3v) is 5.30. The quantitative estimate of drug-likeness (QED) is 0.353. The normalized spacial score (nSPS) is 10.7. The van der Waals surface area contributed by atoms with Crippen LogP contribution >= 0.6 is 11.3 Å². The summed E-state index contributed by atoms with van der Waals surface area (Å²) in [6.45, 7) is 0. The molecule has 0 atom stereocenters. The van der Waals surface area contributed by atoms with Crippen LogP contribution in [0.5, 0.6) is 11.5 Å². The summed E-state index contributed by atoms with van der Waals surface area (Å²) < 4.78 is 10.3. The van der Waals surface area contributed by atoms with Crippen LogP contribution in [0.15, 0.2) is 54.2 Å². The molecule has 146 valence electrons. The molecule has 0 bridgehead atoms. The molecule has 8 nitrogen and oxygen atoms in total. The molecule has 2 heterocycles. The van der Waals surface area contributed by atoms with Gasteiger partial charge in [0.2, 0.25) is 0 Å². The van der Waals surface area contributed by atoms with Crippen molar-refractivity contribution in [3.63, 3.8) is 0 Å². The molecule has 2 aromatic heterocycles. The number of anilines is 2. The van der Waals surface area contributed by atoms with E-state index in [1.807, 2.05) is 29.6 Å². The lowest BCUT2D eigenvalue weighted by Gasteiger charge is -2.10. The average Bonchev–Trinajstić information content (AvgIpc) is 3.19. The first-order chi connectivity index (χ1) is 14.1. The Bertz CT molecular complexity index is 1190. The highest BCUT2D eigenvalue weighted by atomic mass is 32.1. The number of nitro benzene ring substituents is 1. The van der Waals surface area contributed by atoms with E-state index >= 15 is 0 Å². The van der Waals surface area contributed by atoms with E-state index in [9.17, 15) is 10.1 Å². The van der Waals surface area contributed by atoms with Crippen molar-refractivity contribution in [1.82, 2.24) is 9.97 Å². The second-order valence-corrected chi connectivity index (χ2v) is 6.91. The van der Waals surface area contributed by atoms with Crippen molar-refractivity contribution in [1.29, 1.82) is 0 Å². The molecule has 0 saturated heterocycles. The molecule has 1 N–H and O–H groups in total. The fourth-order valence-electron chi connectivity index (χ4n) is 3.00. The minimum atomic E-state index is -0.479. The Kier molecular flexibility index (Phi) is 4.96.